The minimum absolute atomic E-state index is 0.258. The highest BCUT2D eigenvalue weighted by Crippen LogP contribution is 2.26. The van der Waals surface area contributed by atoms with Gasteiger partial charge in [0.1, 0.15) is 5.82 Å². The van der Waals surface area contributed by atoms with Gasteiger partial charge in [0.25, 0.3) is 0 Å². The molecular weight excluding hydrogens is 285 g/mol. The maximum absolute atomic E-state index is 13.9. The van der Waals surface area contributed by atoms with Gasteiger partial charge in [-0.25, -0.2) is 4.39 Å². The normalized spacial score (nSPS) is 12.5. The molecule has 1 nitrogen and oxygen atoms in total. The van der Waals surface area contributed by atoms with Crippen LogP contribution in [0.25, 0.3) is 10.8 Å². The molecule has 0 aliphatic heterocycles. The van der Waals surface area contributed by atoms with Crippen molar-refractivity contribution in [3.8, 4) is 0 Å². The molecule has 0 fully saturated rings. The van der Waals surface area contributed by atoms with E-state index in [1.165, 1.54) is 6.07 Å². The summed E-state index contributed by atoms with van der Waals surface area (Å²) >= 11 is 5.78. The van der Waals surface area contributed by atoms with E-state index < -0.39 is 0 Å². The van der Waals surface area contributed by atoms with Crippen LogP contribution in [0.5, 0.6) is 0 Å². The first kappa shape index (κ1) is 14.1. The minimum Gasteiger partial charge on any atom is -0.324 e. The molecule has 0 radical (unpaired) electrons. The number of hydrogen-bond acceptors (Lipinski definition) is 1. The van der Waals surface area contributed by atoms with Gasteiger partial charge in [-0.3, -0.25) is 0 Å². The summed E-state index contributed by atoms with van der Waals surface area (Å²) < 4.78 is 13.9. The summed E-state index contributed by atoms with van der Waals surface area (Å²) in [6.45, 7) is 0. The van der Waals surface area contributed by atoms with Crippen molar-refractivity contribution in [2.45, 2.75) is 12.5 Å². The summed E-state index contributed by atoms with van der Waals surface area (Å²) in [6, 6.07) is 18.6. The zero-order valence-electron chi connectivity index (χ0n) is 11.4. The second kappa shape index (κ2) is 5.84. The molecule has 0 heterocycles. The Balaban J connectivity index is 1.95. The van der Waals surface area contributed by atoms with Crippen LogP contribution in [0, 0.1) is 5.82 Å². The molecule has 3 aromatic rings. The van der Waals surface area contributed by atoms with Crippen molar-refractivity contribution >= 4 is 22.4 Å². The standard InChI is InChI=1S/C18H15ClFN/c19-14-9-8-13(17(20)11-14)10-18(21)16-7-3-5-12-4-1-2-6-15(12)16/h1-9,11,18H,10,21H2. The molecule has 0 amide bonds. The Kier molecular flexibility index (Phi) is 3.91. The SMILES string of the molecule is NC(Cc1ccc(Cl)cc1F)c1cccc2ccccc12. The van der Waals surface area contributed by atoms with Crippen LogP contribution in [-0.2, 0) is 6.42 Å². The third-order valence-corrected chi connectivity index (χ3v) is 3.91. The van der Waals surface area contributed by atoms with Gasteiger partial charge >= 0.3 is 0 Å². The van der Waals surface area contributed by atoms with Crippen LogP contribution in [0.3, 0.4) is 0 Å². The predicted octanol–water partition coefficient (Wildman–Crippen LogP) is 4.87. The first-order chi connectivity index (χ1) is 10.1. The van der Waals surface area contributed by atoms with Crippen molar-refractivity contribution in [3.05, 3.63) is 82.6 Å². The van der Waals surface area contributed by atoms with Crippen LogP contribution in [0.2, 0.25) is 5.02 Å². The van der Waals surface area contributed by atoms with Gasteiger partial charge < -0.3 is 5.73 Å². The number of nitrogens with two attached hydrogens (primary N) is 1. The highest BCUT2D eigenvalue weighted by Gasteiger charge is 2.13. The smallest absolute Gasteiger partial charge is 0.127 e. The zero-order chi connectivity index (χ0) is 14.8. The van der Waals surface area contributed by atoms with Gasteiger partial charge in [-0.1, -0.05) is 60.1 Å². The van der Waals surface area contributed by atoms with Gasteiger partial charge in [-0.2, -0.15) is 0 Å². The lowest BCUT2D eigenvalue weighted by Gasteiger charge is -2.15. The Labute approximate surface area is 128 Å². The minimum atomic E-state index is -0.307. The fraction of sp³-hybridized carbons (Fsp3) is 0.111. The maximum atomic E-state index is 13.9. The fourth-order valence-electron chi connectivity index (χ4n) is 2.61. The van der Waals surface area contributed by atoms with Crippen LogP contribution in [0.4, 0.5) is 4.39 Å². The molecular formula is C18H15ClFN. The second-order valence-electron chi connectivity index (χ2n) is 5.11. The molecule has 0 aliphatic carbocycles. The zero-order valence-corrected chi connectivity index (χ0v) is 12.1. The molecule has 0 saturated heterocycles. The average molecular weight is 300 g/mol. The average Bonchev–Trinajstić information content (AvgIpc) is 2.49. The Morgan fingerprint density at radius 1 is 1.00 bits per heavy atom. The quantitative estimate of drug-likeness (QED) is 0.733. The molecule has 0 aromatic heterocycles. The molecule has 0 spiro atoms. The highest BCUT2D eigenvalue weighted by atomic mass is 35.5. The fourth-order valence-corrected chi connectivity index (χ4v) is 2.77. The molecule has 2 N–H and O–H groups in total. The largest absolute Gasteiger partial charge is 0.324 e. The van der Waals surface area contributed by atoms with Crippen LogP contribution in [0.15, 0.2) is 60.7 Å². The number of rotatable bonds is 3. The molecule has 1 atom stereocenters. The van der Waals surface area contributed by atoms with E-state index in [2.05, 4.69) is 12.1 Å². The lowest BCUT2D eigenvalue weighted by Crippen LogP contribution is -2.14. The molecule has 3 aromatic carbocycles. The molecule has 21 heavy (non-hydrogen) atoms. The van der Waals surface area contributed by atoms with Crippen LogP contribution < -0.4 is 5.73 Å². The third-order valence-electron chi connectivity index (χ3n) is 3.68. The predicted molar refractivity (Wildman–Crippen MR) is 86.0 cm³/mol. The molecule has 0 saturated carbocycles. The monoisotopic (exact) mass is 299 g/mol. The molecule has 106 valence electrons. The van der Waals surface area contributed by atoms with Crippen molar-refractivity contribution < 1.29 is 4.39 Å². The van der Waals surface area contributed by atoms with Crippen molar-refractivity contribution in [2.75, 3.05) is 0 Å². The van der Waals surface area contributed by atoms with Gasteiger partial charge in [-0.15, -0.1) is 0 Å². The first-order valence-corrected chi connectivity index (χ1v) is 7.20. The van der Waals surface area contributed by atoms with Gasteiger partial charge in [0, 0.05) is 11.1 Å². The lowest BCUT2D eigenvalue weighted by molar-refractivity contribution is 0.594. The first-order valence-electron chi connectivity index (χ1n) is 6.82. The summed E-state index contributed by atoms with van der Waals surface area (Å²) in [5.41, 5.74) is 7.91. The van der Waals surface area contributed by atoms with E-state index in [9.17, 15) is 4.39 Å². The maximum Gasteiger partial charge on any atom is 0.127 e. The van der Waals surface area contributed by atoms with E-state index >= 15 is 0 Å². The number of halogens is 2. The van der Waals surface area contributed by atoms with Crippen molar-refractivity contribution in [2.24, 2.45) is 5.73 Å². The Morgan fingerprint density at radius 2 is 1.76 bits per heavy atom. The Hall–Kier alpha value is -1.90. The lowest BCUT2D eigenvalue weighted by atomic mass is 9.94. The Morgan fingerprint density at radius 3 is 2.57 bits per heavy atom. The van der Waals surface area contributed by atoms with E-state index in [-0.39, 0.29) is 11.9 Å². The van der Waals surface area contributed by atoms with Gasteiger partial charge in [0.15, 0.2) is 0 Å². The van der Waals surface area contributed by atoms with Gasteiger partial charge in [-0.05, 0) is 40.5 Å². The molecule has 0 bridgehead atoms. The third kappa shape index (κ3) is 2.92. The second-order valence-corrected chi connectivity index (χ2v) is 5.55. The molecule has 3 heteroatoms. The summed E-state index contributed by atoms with van der Waals surface area (Å²) in [5.74, 6) is -0.307. The molecule has 0 aliphatic rings. The van der Waals surface area contributed by atoms with E-state index in [0.29, 0.717) is 17.0 Å². The van der Waals surface area contributed by atoms with E-state index in [1.54, 1.807) is 12.1 Å². The number of benzene rings is 3. The van der Waals surface area contributed by atoms with Crippen LogP contribution >= 0.6 is 11.6 Å². The van der Waals surface area contributed by atoms with Crippen molar-refractivity contribution in [1.29, 1.82) is 0 Å². The van der Waals surface area contributed by atoms with Gasteiger partial charge in [0.05, 0.1) is 0 Å². The summed E-state index contributed by atoms with van der Waals surface area (Å²) in [6.07, 6.45) is 0.441. The van der Waals surface area contributed by atoms with Crippen molar-refractivity contribution in [3.63, 3.8) is 0 Å². The van der Waals surface area contributed by atoms with E-state index in [4.69, 9.17) is 17.3 Å². The number of hydrogen-bond donors (Lipinski definition) is 1. The van der Waals surface area contributed by atoms with Crippen LogP contribution in [0.1, 0.15) is 17.2 Å². The Bertz CT molecular complexity index is 780. The summed E-state index contributed by atoms with van der Waals surface area (Å²) in [7, 11) is 0. The summed E-state index contributed by atoms with van der Waals surface area (Å²) in [4.78, 5) is 0. The van der Waals surface area contributed by atoms with Gasteiger partial charge in [0.2, 0.25) is 0 Å². The number of fused-ring (bicyclic) bond motifs is 1. The topological polar surface area (TPSA) is 26.0 Å². The van der Waals surface area contributed by atoms with E-state index in [0.717, 1.165) is 16.3 Å². The van der Waals surface area contributed by atoms with E-state index in [1.807, 2.05) is 30.3 Å². The van der Waals surface area contributed by atoms with Crippen LogP contribution in [-0.4, -0.2) is 0 Å². The van der Waals surface area contributed by atoms with Crippen molar-refractivity contribution in [1.82, 2.24) is 0 Å². The summed E-state index contributed by atoms with van der Waals surface area (Å²) in [5, 5.41) is 2.65. The molecule has 3 rings (SSSR count). The molecule has 1 unspecified atom stereocenters. The highest BCUT2D eigenvalue weighted by molar-refractivity contribution is 6.30.